The largest absolute Gasteiger partial charge is 0.486 e. The molecule has 3 aromatic rings. The molecule has 0 amide bonds. The van der Waals surface area contributed by atoms with Crippen molar-refractivity contribution in [2.75, 3.05) is 19.8 Å². The lowest BCUT2D eigenvalue weighted by Gasteiger charge is -2.29. The van der Waals surface area contributed by atoms with Crippen molar-refractivity contribution in [2.45, 2.75) is 13.0 Å². The fourth-order valence-electron chi connectivity index (χ4n) is 3.77. The zero-order valence-corrected chi connectivity index (χ0v) is 18.8. The molecule has 0 bridgehead atoms. The van der Waals surface area contributed by atoms with E-state index in [-0.39, 0.29) is 17.5 Å². The van der Waals surface area contributed by atoms with Crippen LogP contribution < -0.4 is 10.2 Å². The van der Waals surface area contributed by atoms with Crippen molar-refractivity contribution in [3.63, 3.8) is 0 Å². The number of pyridine rings is 1. The second-order valence-corrected chi connectivity index (χ2v) is 7.71. The van der Waals surface area contributed by atoms with Gasteiger partial charge >= 0.3 is 11.9 Å². The summed E-state index contributed by atoms with van der Waals surface area (Å²) in [7, 11) is 0. The van der Waals surface area contributed by atoms with Gasteiger partial charge in [-0.25, -0.2) is 14.0 Å². The van der Waals surface area contributed by atoms with Crippen LogP contribution >= 0.6 is 0 Å². The summed E-state index contributed by atoms with van der Waals surface area (Å²) in [6, 6.07) is 1.87. The Labute approximate surface area is 204 Å². The minimum Gasteiger partial charge on any atom is -0.486 e. The Bertz CT molecular complexity index is 1520. The summed E-state index contributed by atoms with van der Waals surface area (Å²) < 4.78 is 45.1. The number of rotatable bonds is 7. The van der Waals surface area contributed by atoms with Crippen LogP contribution in [0.4, 0.5) is 20.2 Å². The average Bonchev–Trinajstić information content (AvgIpc) is 2.87. The number of benzene rings is 2. The lowest BCUT2D eigenvalue weighted by atomic mass is 10.1. The van der Waals surface area contributed by atoms with Crippen LogP contribution in [-0.4, -0.2) is 46.2 Å². The van der Waals surface area contributed by atoms with E-state index in [0.29, 0.717) is 12.1 Å². The Morgan fingerprint density at radius 2 is 1.73 bits per heavy atom. The van der Waals surface area contributed by atoms with Gasteiger partial charge in [0.05, 0.1) is 39.0 Å². The zero-order chi connectivity index (χ0) is 27.0. The molecular formula is C22H15F2N3O10. The number of nitro groups is 2. The number of aromatic nitrogens is 1. The minimum absolute atomic E-state index is 0.0706. The van der Waals surface area contributed by atoms with Gasteiger partial charge in [-0.1, -0.05) is 0 Å². The highest BCUT2D eigenvalue weighted by molar-refractivity contribution is 5.95. The Morgan fingerprint density at radius 1 is 1.08 bits per heavy atom. The summed E-state index contributed by atoms with van der Waals surface area (Å²) in [5.41, 5.74) is -3.53. The van der Waals surface area contributed by atoms with E-state index in [1.165, 1.54) is 11.5 Å². The molecule has 192 valence electrons. The molecule has 1 aliphatic heterocycles. The second-order valence-electron chi connectivity index (χ2n) is 7.71. The highest BCUT2D eigenvalue weighted by Gasteiger charge is 2.31. The Morgan fingerprint density at radius 3 is 2.32 bits per heavy atom. The smallest absolute Gasteiger partial charge is 0.343 e. The van der Waals surface area contributed by atoms with Crippen LogP contribution in [0.25, 0.3) is 10.9 Å². The number of non-ortho nitro benzene ring substituents is 2. The van der Waals surface area contributed by atoms with Crippen LogP contribution in [0.1, 0.15) is 33.7 Å². The summed E-state index contributed by atoms with van der Waals surface area (Å²) in [5, 5.41) is 21.8. The lowest BCUT2D eigenvalue weighted by molar-refractivity contribution is -0.394. The van der Waals surface area contributed by atoms with Crippen molar-refractivity contribution in [3.8, 4) is 5.75 Å². The van der Waals surface area contributed by atoms with Crippen molar-refractivity contribution in [2.24, 2.45) is 0 Å². The molecule has 0 N–H and O–H groups in total. The van der Waals surface area contributed by atoms with E-state index in [1.54, 1.807) is 0 Å². The molecule has 0 spiro atoms. The van der Waals surface area contributed by atoms with Crippen LogP contribution in [0.3, 0.4) is 0 Å². The van der Waals surface area contributed by atoms with Gasteiger partial charge in [0, 0.05) is 18.3 Å². The van der Waals surface area contributed by atoms with Crippen LogP contribution in [0.5, 0.6) is 5.75 Å². The van der Waals surface area contributed by atoms with Gasteiger partial charge < -0.3 is 18.8 Å². The van der Waals surface area contributed by atoms with Gasteiger partial charge in [0.2, 0.25) is 11.2 Å². The predicted octanol–water partition coefficient (Wildman–Crippen LogP) is 3.06. The molecule has 1 unspecified atom stereocenters. The van der Waals surface area contributed by atoms with Crippen molar-refractivity contribution >= 4 is 34.2 Å². The van der Waals surface area contributed by atoms with Crippen molar-refractivity contribution in [1.82, 2.24) is 4.57 Å². The molecule has 0 aliphatic carbocycles. The van der Waals surface area contributed by atoms with Crippen LogP contribution in [-0.2, 0) is 9.47 Å². The van der Waals surface area contributed by atoms with Gasteiger partial charge in [-0.05, 0) is 13.0 Å². The molecule has 0 saturated heterocycles. The summed E-state index contributed by atoms with van der Waals surface area (Å²) in [5.74, 6) is -5.52. The first-order valence-electron chi connectivity index (χ1n) is 10.5. The SMILES string of the molecule is CCOC(=O)c1cn2c3c(c(F)c(F)cc3c1=O)OCC2COC(=O)c1cc([N+](=O)[O-])cc([N+](=O)[O-])c1. The number of nitrogens with zero attached hydrogens (tertiary/aromatic N) is 3. The van der Waals surface area contributed by atoms with Crippen molar-refractivity contribution < 1.29 is 42.4 Å². The third-order valence-electron chi connectivity index (χ3n) is 5.44. The molecule has 1 atom stereocenters. The molecule has 2 aromatic carbocycles. The van der Waals surface area contributed by atoms with Gasteiger partial charge in [0.15, 0.2) is 11.6 Å². The fraction of sp³-hybridized carbons (Fsp3) is 0.227. The highest BCUT2D eigenvalue weighted by Crippen LogP contribution is 2.36. The number of hydrogen-bond acceptors (Lipinski definition) is 10. The van der Waals surface area contributed by atoms with Crippen molar-refractivity contribution in [3.05, 3.63) is 83.7 Å². The highest BCUT2D eigenvalue weighted by atomic mass is 19.2. The van der Waals surface area contributed by atoms with E-state index in [0.717, 1.165) is 18.3 Å². The molecule has 13 nitrogen and oxygen atoms in total. The first-order chi connectivity index (χ1) is 17.5. The summed E-state index contributed by atoms with van der Waals surface area (Å²) in [6.45, 7) is 0.505. The zero-order valence-electron chi connectivity index (χ0n) is 18.8. The van der Waals surface area contributed by atoms with Gasteiger partial charge in [-0.2, -0.15) is 4.39 Å². The maximum atomic E-state index is 14.4. The number of carbonyl (C=O) groups excluding carboxylic acids is 2. The molecule has 1 aromatic heterocycles. The standard InChI is InChI=1S/C22H15F2N3O10/c1-2-35-22(30)15-7-25-13(8-36-20-17(24)16(23)6-14(18(20)25)19(15)28)9-37-21(29)10-3-11(26(31)32)5-12(4-10)27(33)34/h3-7,13H,2,8-9H2,1H3. The Hall–Kier alpha value is -4.95. The quantitative estimate of drug-likeness (QED) is 0.257. The average molecular weight is 519 g/mol. The van der Waals surface area contributed by atoms with E-state index in [4.69, 9.17) is 14.2 Å². The normalized spacial score (nSPS) is 14.1. The van der Waals surface area contributed by atoms with E-state index >= 15 is 0 Å². The third kappa shape index (κ3) is 4.53. The Kier molecular flexibility index (Phi) is 6.52. The van der Waals surface area contributed by atoms with Gasteiger partial charge in [0.1, 0.15) is 24.8 Å². The first kappa shape index (κ1) is 25.2. The Balaban J connectivity index is 1.73. The number of halogens is 2. The monoisotopic (exact) mass is 519 g/mol. The number of nitro benzene ring substituents is 2. The number of hydrogen-bond donors (Lipinski definition) is 0. The van der Waals surface area contributed by atoms with E-state index < -0.39 is 86.4 Å². The summed E-state index contributed by atoms with van der Waals surface area (Å²) >= 11 is 0. The fourth-order valence-corrected chi connectivity index (χ4v) is 3.77. The van der Waals surface area contributed by atoms with Gasteiger partial charge in [0.25, 0.3) is 11.4 Å². The maximum Gasteiger partial charge on any atom is 0.343 e. The van der Waals surface area contributed by atoms with Crippen molar-refractivity contribution in [1.29, 1.82) is 0 Å². The van der Waals surface area contributed by atoms with Crippen LogP contribution in [0.2, 0.25) is 0 Å². The van der Waals surface area contributed by atoms with E-state index in [9.17, 15) is 43.4 Å². The summed E-state index contributed by atoms with van der Waals surface area (Å²) in [6.07, 6.45) is 1.04. The molecule has 37 heavy (non-hydrogen) atoms. The molecular weight excluding hydrogens is 504 g/mol. The third-order valence-corrected chi connectivity index (χ3v) is 5.44. The number of ether oxygens (including phenoxy) is 3. The lowest BCUT2D eigenvalue weighted by Crippen LogP contribution is -2.32. The maximum absolute atomic E-state index is 14.4. The summed E-state index contributed by atoms with van der Waals surface area (Å²) in [4.78, 5) is 58.1. The topological polar surface area (TPSA) is 170 Å². The number of carbonyl (C=O) groups is 2. The van der Waals surface area contributed by atoms with Gasteiger partial charge in [-0.3, -0.25) is 25.0 Å². The van der Waals surface area contributed by atoms with E-state index in [2.05, 4.69) is 0 Å². The molecule has 15 heteroatoms. The predicted molar refractivity (Wildman–Crippen MR) is 119 cm³/mol. The second kappa shape index (κ2) is 9.60. The van der Waals surface area contributed by atoms with Crippen LogP contribution in [0.15, 0.2) is 35.3 Å². The molecule has 0 radical (unpaired) electrons. The first-order valence-corrected chi connectivity index (χ1v) is 10.5. The number of esters is 2. The molecule has 0 saturated carbocycles. The van der Waals surface area contributed by atoms with Gasteiger partial charge in [-0.15, -0.1) is 0 Å². The molecule has 2 heterocycles. The molecule has 4 rings (SSSR count). The molecule has 1 aliphatic rings. The molecule has 0 fully saturated rings. The minimum atomic E-state index is -1.38. The van der Waals surface area contributed by atoms with E-state index in [1.807, 2.05) is 0 Å². The van der Waals surface area contributed by atoms with Crippen LogP contribution in [0, 0.1) is 31.9 Å².